The largest absolute Gasteiger partial charge is 0.346 e. The second-order valence-electron chi connectivity index (χ2n) is 6.67. The summed E-state index contributed by atoms with van der Waals surface area (Å²) in [5, 5.41) is 8.28. The third kappa shape index (κ3) is 2.82. The van der Waals surface area contributed by atoms with Crippen LogP contribution in [0.1, 0.15) is 28.6 Å². The van der Waals surface area contributed by atoms with E-state index in [1.807, 2.05) is 80.1 Å². The van der Waals surface area contributed by atoms with Crippen LogP contribution in [-0.2, 0) is 4.79 Å². The fourth-order valence-corrected chi connectivity index (χ4v) is 3.92. The monoisotopic (exact) mass is 376 g/mol. The van der Waals surface area contributed by atoms with Crippen LogP contribution in [0.5, 0.6) is 0 Å². The van der Waals surface area contributed by atoms with Crippen molar-refractivity contribution in [3.05, 3.63) is 77.1 Å². The van der Waals surface area contributed by atoms with Crippen LogP contribution in [0.2, 0.25) is 0 Å². The molecule has 0 spiro atoms. The maximum Gasteiger partial charge on any atom is 0.260 e. The van der Waals surface area contributed by atoms with Crippen molar-refractivity contribution >= 4 is 28.9 Å². The summed E-state index contributed by atoms with van der Waals surface area (Å²) in [6, 6.07) is 17.1. The standard InChI is InChI=1S/C21H20N4OS/c1-13-9-7-8-12-17(13)24-20(26)19(22-21(24)27)18-14(2)23-25(15(18)3)16-10-5-4-6-11-16/h4-12,19H,1-3H3,(H,22,27)/t19-/m0/s1. The minimum Gasteiger partial charge on any atom is -0.346 e. The number of rotatable bonds is 3. The summed E-state index contributed by atoms with van der Waals surface area (Å²) in [5.41, 5.74) is 5.41. The molecule has 27 heavy (non-hydrogen) atoms. The van der Waals surface area contributed by atoms with Crippen molar-refractivity contribution in [2.75, 3.05) is 4.90 Å². The zero-order valence-corrected chi connectivity index (χ0v) is 16.2. The van der Waals surface area contributed by atoms with Crippen LogP contribution in [0.3, 0.4) is 0 Å². The molecule has 1 aliphatic rings. The van der Waals surface area contributed by atoms with Gasteiger partial charge in [0.2, 0.25) is 0 Å². The number of anilines is 1. The second-order valence-corrected chi connectivity index (χ2v) is 7.06. The van der Waals surface area contributed by atoms with E-state index in [9.17, 15) is 4.79 Å². The van der Waals surface area contributed by atoms with Gasteiger partial charge >= 0.3 is 0 Å². The summed E-state index contributed by atoms with van der Waals surface area (Å²) in [5.74, 6) is -0.0758. The van der Waals surface area contributed by atoms with Crippen LogP contribution < -0.4 is 10.2 Å². The van der Waals surface area contributed by atoms with Crippen molar-refractivity contribution < 1.29 is 4.79 Å². The van der Waals surface area contributed by atoms with Gasteiger partial charge in [-0.2, -0.15) is 5.10 Å². The summed E-state index contributed by atoms with van der Waals surface area (Å²) >= 11 is 5.49. The predicted molar refractivity (Wildman–Crippen MR) is 110 cm³/mol. The Labute approximate surface area is 163 Å². The third-order valence-corrected chi connectivity index (χ3v) is 5.23. The molecule has 0 radical (unpaired) electrons. The molecule has 136 valence electrons. The van der Waals surface area contributed by atoms with E-state index in [-0.39, 0.29) is 5.91 Å². The molecule has 2 heterocycles. The molecule has 5 nitrogen and oxygen atoms in total. The van der Waals surface area contributed by atoms with Crippen LogP contribution in [0.15, 0.2) is 54.6 Å². The first-order chi connectivity index (χ1) is 13.0. The Morgan fingerprint density at radius 1 is 1.00 bits per heavy atom. The predicted octanol–water partition coefficient (Wildman–Crippen LogP) is 3.76. The number of hydrogen-bond donors (Lipinski definition) is 1. The molecule has 1 N–H and O–H groups in total. The van der Waals surface area contributed by atoms with Gasteiger partial charge < -0.3 is 5.32 Å². The van der Waals surface area contributed by atoms with E-state index in [0.29, 0.717) is 5.11 Å². The fraction of sp³-hybridized carbons (Fsp3) is 0.190. The van der Waals surface area contributed by atoms with Crippen molar-refractivity contribution in [2.45, 2.75) is 26.8 Å². The van der Waals surface area contributed by atoms with E-state index >= 15 is 0 Å². The molecule has 0 aliphatic carbocycles. The molecule has 0 saturated carbocycles. The first kappa shape index (κ1) is 17.4. The van der Waals surface area contributed by atoms with Gasteiger partial charge in [0.1, 0.15) is 6.04 Å². The number of hydrogen-bond acceptors (Lipinski definition) is 3. The fourth-order valence-electron chi connectivity index (χ4n) is 3.61. The van der Waals surface area contributed by atoms with E-state index in [2.05, 4.69) is 10.4 Å². The molecule has 3 aromatic rings. The molecule has 1 amide bonds. The number of carbonyl (C=O) groups excluding carboxylic acids is 1. The highest BCUT2D eigenvalue weighted by atomic mass is 32.1. The van der Waals surface area contributed by atoms with Gasteiger partial charge in [-0.3, -0.25) is 9.69 Å². The van der Waals surface area contributed by atoms with Gasteiger partial charge in [-0.05, 0) is 56.8 Å². The van der Waals surface area contributed by atoms with E-state index in [1.54, 1.807) is 4.90 Å². The molecule has 1 aromatic heterocycles. The van der Waals surface area contributed by atoms with Crippen LogP contribution >= 0.6 is 12.2 Å². The van der Waals surface area contributed by atoms with Crippen LogP contribution in [0.25, 0.3) is 5.69 Å². The number of nitrogens with one attached hydrogen (secondary N) is 1. The Balaban J connectivity index is 1.75. The van der Waals surface area contributed by atoms with Crippen LogP contribution in [0, 0.1) is 20.8 Å². The molecule has 0 bridgehead atoms. The van der Waals surface area contributed by atoms with E-state index in [4.69, 9.17) is 12.2 Å². The molecule has 4 rings (SSSR count). The Hall–Kier alpha value is -2.99. The average molecular weight is 376 g/mol. The first-order valence-electron chi connectivity index (χ1n) is 8.80. The van der Waals surface area contributed by atoms with Gasteiger partial charge in [-0.15, -0.1) is 0 Å². The van der Waals surface area contributed by atoms with Gasteiger partial charge in [0.25, 0.3) is 5.91 Å². The number of nitrogens with zero attached hydrogens (tertiary/aromatic N) is 3. The topological polar surface area (TPSA) is 50.2 Å². The minimum absolute atomic E-state index is 0.0758. The Bertz CT molecular complexity index is 1040. The maximum atomic E-state index is 13.3. The van der Waals surface area contributed by atoms with Crippen LogP contribution in [0.4, 0.5) is 5.69 Å². The molecule has 0 unspecified atom stereocenters. The lowest BCUT2D eigenvalue weighted by Crippen LogP contribution is -2.31. The number of thiocarbonyl (C=S) groups is 1. The average Bonchev–Trinajstić information content (AvgIpc) is 3.11. The molecule has 1 saturated heterocycles. The van der Waals surface area contributed by atoms with E-state index < -0.39 is 6.04 Å². The number of aromatic nitrogens is 2. The Kier molecular flexibility index (Phi) is 4.28. The normalized spacial score (nSPS) is 16.7. The lowest BCUT2D eigenvalue weighted by Gasteiger charge is -2.17. The summed E-state index contributed by atoms with van der Waals surface area (Å²) in [4.78, 5) is 14.8. The number of amides is 1. The zero-order valence-electron chi connectivity index (χ0n) is 15.4. The molecule has 1 aliphatic heterocycles. The lowest BCUT2D eigenvalue weighted by atomic mass is 10.0. The molecule has 2 aromatic carbocycles. The minimum atomic E-state index is -0.533. The highest BCUT2D eigenvalue weighted by Crippen LogP contribution is 2.32. The number of benzene rings is 2. The summed E-state index contributed by atoms with van der Waals surface area (Å²) in [7, 11) is 0. The van der Waals surface area contributed by atoms with Crippen LogP contribution in [-0.4, -0.2) is 20.8 Å². The van der Waals surface area contributed by atoms with Gasteiger partial charge in [0.15, 0.2) is 5.11 Å². The molecule has 6 heteroatoms. The van der Waals surface area contributed by atoms with E-state index in [1.165, 1.54) is 0 Å². The SMILES string of the molecule is Cc1ccccc1N1C(=O)[C@H](c2c(C)nn(-c3ccccc3)c2C)NC1=S. The quantitative estimate of drug-likeness (QED) is 0.707. The maximum absolute atomic E-state index is 13.3. The number of carbonyl (C=O) groups is 1. The second kappa shape index (κ2) is 6.63. The summed E-state index contributed by atoms with van der Waals surface area (Å²) < 4.78 is 1.87. The summed E-state index contributed by atoms with van der Waals surface area (Å²) in [6.45, 7) is 5.88. The molecule has 1 fully saturated rings. The lowest BCUT2D eigenvalue weighted by molar-refractivity contribution is -0.118. The molecule has 1 atom stereocenters. The highest BCUT2D eigenvalue weighted by molar-refractivity contribution is 7.80. The smallest absolute Gasteiger partial charge is 0.260 e. The van der Waals surface area contributed by atoms with Gasteiger partial charge in [0.05, 0.1) is 17.1 Å². The van der Waals surface area contributed by atoms with E-state index in [0.717, 1.165) is 33.9 Å². The third-order valence-electron chi connectivity index (χ3n) is 4.93. The number of aryl methyl sites for hydroxylation is 2. The first-order valence-corrected chi connectivity index (χ1v) is 9.21. The number of para-hydroxylation sites is 2. The van der Waals surface area contributed by atoms with Gasteiger partial charge in [0, 0.05) is 11.3 Å². The zero-order chi connectivity index (χ0) is 19.1. The van der Waals surface area contributed by atoms with Gasteiger partial charge in [-0.1, -0.05) is 36.4 Å². The molecular weight excluding hydrogens is 356 g/mol. The molecular formula is C21H20N4OS. The van der Waals surface area contributed by atoms with Crippen molar-refractivity contribution in [2.24, 2.45) is 0 Å². The van der Waals surface area contributed by atoms with Gasteiger partial charge in [-0.25, -0.2) is 4.68 Å². The Morgan fingerprint density at radius 2 is 1.67 bits per heavy atom. The van der Waals surface area contributed by atoms with Crippen molar-refractivity contribution in [1.82, 2.24) is 15.1 Å². The van der Waals surface area contributed by atoms with Crippen molar-refractivity contribution in [1.29, 1.82) is 0 Å². The highest BCUT2D eigenvalue weighted by Gasteiger charge is 2.40. The van der Waals surface area contributed by atoms with Crippen molar-refractivity contribution in [3.8, 4) is 5.69 Å². The van der Waals surface area contributed by atoms with Crippen molar-refractivity contribution in [3.63, 3.8) is 0 Å². The Morgan fingerprint density at radius 3 is 2.37 bits per heavy atom. The summed E-state index contributed by atoms with van der Waals surface area (Å²) in [6.07, 6.45) is 0.